The minimum Gasteiger partial charge on any atom is -0.497 e. The van der Waals surface area contributed by atoms with Crippen LogP contribution in [0.3, 0.4) is 0 Å². The van der Waals surface area contributed by atoms with Gasteiger partial charge in [-0.2, -0.15) is 0 Å². The summed E-state index contributed by atoms with van der Waals surface area (Å²) in [5.41, 5.74) is 1.31. The van der Waals surface area contributed by atoms with Crippen LogP contribution in [0.1, 0.15) is 31.2 Å². The molecule has 3 aromatic rings. The molecule has 0 bridgehead atoms. The molecule has 0 saturated heterocycles. The Bertz CT molecular complexity index is 1410. The number of esters is 1. The molecule has 172 valence electrons. The molecular formula is C24H25N3O5S. The van der Waals surface area contributed by atoms with E-state index in [1.54, 1.807) is 31.6 Å². The van der Waals surface area contributed by atoms with Crippen molar-refractivity contribution in [1.29, 1.82) is 0 Å². The molecule has 0 amide bonds. The summed E-state index contributed by atoms with van der Waals surface area (Å²) in [4.78, 5) is 33.4. The lowest BCUT2D eigenvalue weighted by Crippen LogP contribution is -2.39. The number of fused-ring (bicyclic) bond motifs is 1. The van der Waals surface area contributed by atoms with E-state index in [4.69, 9.17) is 13.9 Å². The zero-order valence-electron chi connectivity index (χ0n) is 19.1. The van der Waals surface area contributed by atoms with Crippen LogP contribution in [0.5, 0.6) is 5.75 Å². The van der Waals surface area contributed by atoms with Crippen LogP contribution >= 0.6 is 11.3 Å². The third-order valence-electron chi connectivity index (χ3n) is 5.25. The maximum Gasteiger partial charge on any atom is 0.338 e. The first kappa shape index (κ1) is 22.6. The zero-order valence-corrected chi connectivity index (χ0v) is 19.9. The van der Waals surface area contributed by atoms with Gasteiger partial charge in [-0.15, -0.1) is 0 Å². The molecule has 0 N–H and O–H groups in total. The number of carbonyl (C=O) groups excluding carboxylic acids is 1. The highest BCUT2D eigenvalue weighted by Crippen LogP contribution is 2.32. The largest absolute Gasteiger partial charge is 0.497 e. The Morgan fingerprint density at radius 3 is 2.76 bits per heavy atom. The second kappa shape index (κ2) is 9.11. The minimum atomic E-state index is -0.688. The fourth-order valence-electron chi connectivity index (χ4n) is 3.71. The van der Waals surface area contributed by atoms with Gasteiger partial charge in [-0.05, 0) is 37.6 Å². The molecule has 33 heavy (non-hydrogen) atoms. The van der Waals surface area contributed by atoms with Crippen molar-refractivity contribution in [2.75, 3.05) is 32.7 Å². The Kier molecular flexibility index (Phi) is 6.24. The number of benzene rings is 1. The number of furan rings is 1. The minimum absolute atomic E-state index is 0.220. The third kappa shape index (κ3) is 4.23. The molecular weight excluding hydrogens is 442 g/mol. The molecule has 1 aliphatic heterocycles. The van der Waals surface area contributed by atoms with Crippen LogP contribution in [0.2, 0.25) is 0 Å². The SMILES string of the molecule is CCOC(=O)C1=C(C)N=c2s/c(=C\c3ccc(N(C)C)o3)c(=O)n2[C@H]1c1cccc(OC)c1. The highest BCUT2D eigenvalue weighted by molar-refractivity contribution is 7.07. The second-order valence-electron chi connectivity index (χ2n) is 7.65. The number of rotatable bonds is 6. The van der Waals surface area contributed by atoms with E-state index >= 15 is 0 Å². The fourth-order valence-corrected chi connectivity index (χ4v) is 4.73. The Hall–Kier alpha value is -3.59. The van der Waals surface area contributed by atoms with Crippen molar-refractivity contribution in [1.82, 2.24) is 4.57 Å². The first-order chi connectivity index (χ1) is 15.8. The first-order valence-electron chi connectivity index (χ1n) is 10.4. The predicted molar refractivity (Wildman–Crippen MR) is 126 cm³/mol. The van der Waals surface area contributed by atoms with Gasteiger partial charge in [0.15, 0.2) is 10.7 Å². The fraction of sp³-hybridized carbons (Fsp3) is 0.292. The van der Waals surface area contributed by atoms with E-state index in [0.29, 0.717) is 38.0 Å². The number of hydrogen-bond acceptors (Lipinski definition) is 8. The van der Waals surface area contributed by atoms with Crippen LogP contribution in [0, 0.1) is 0 Å². The molecule has 1 aliphatic rings. The smallest absolute Gasteiger partial charge is 0.338 e. The van der Waals surface area contributed by atoms with Crippen LogP contribution in [0.15, 0.2) is 61.9 Å². The molecule has 1 aromatic carbocycles. The summed E-state index contributed by atoms with van der Waals surface area (Å²) in [5.74, 6) is 1.37. The van der Waals surface area contributed by atoms with Crippen molar-refractivity contribution in [2.24, 2.45) is 4.99 Å². The number of thiazole rings is 1. The Morgan fingerprint density at radius 2 is 2.09 bits per heavy atom. The van der Waals surface area contributed by atoms with Crippen molar-refractivity contribution in [3.8, 4) is 5.75 Å². The van der Waals surface area contributed by atoms with E-state index in [2.05, 4.69) is 4.99 Å². The maximum atomic E-state index is 13.6. The molecule has 1 atom stereocenters. The lowest BCUT2D eigenvalue weighted by molar-refractivity contribution is -0.139. The summed E-state index contributed by atoms with van der Waals surface area (Å²) < 4.78 is 18.5. The van der Waals surface area contributed by atoms with Crippen LogP contribution < -0.4 is 24.5 Å². The lowest BCUT2D eigenvalue weighted by atomic mass is 9.95. The predicted octanol–water partition coefficient (Wildman–Crippen LogP) is 2.47. The molecule has 8 nitrogen and oxygen atoms in total. The Morgan fingerprint density at radius 1 is 1.30 bits per heavy atom. The van der Waals surface area contributed by atoms with E-state index < -0.39 is 12.0 Å². The number of anilines is 1. The number of ether oxygens (including phenoxy) is 2. The quantitative estimate of drug-likeness (QED) is 0.518. The van der Waals surface area contributed by atoms with Crippen molar-refractivity contribution in [2.45, 2.75) is 19.9 Å². The summed E-state index contributed by atoms with van der Waals surface area (Å²) in [6, 6.07) is 10.3. The number of carbonyl (C=O) groups is 1. The second-order valence-corrected chi connectivity index (χ2v) is 8.66. The summed E-state index contributed by atoms with van der Waals surface area (Å²) in [6.07, 6.45) is 1.70. The molecule has 4 rings (SSSR count). The molecule has 0 fully saturated rings. The van der Waals surface area contributed by atoms with E-state index in [9.17, 15) is 9.59 Å². The number of aromatic nitrogens is 1. The molecule has 0 unspecified atom stereocenters. The maximum absolute atomic E-state index is 13.6. The van der Waals surface area contributed by atoms with Crippen molar-refractivity contribution in [3.63, 3.8) is 0 Å². The zero-order chi connectivity index (χ0) is 23.7. The van der Waals surface area contributed by atoms with Gasteiger partial charge in [-0.25, -0.2) is 9.79 Å². The van der Waals surface area contributed by atoms with Gasteiger partial charge >= 0.3 is 5.97 Å². The summed E-state index contributed by atoms with van der Waals surface area (Å²) in [7, 11) is 5.33. The van der Waals surface area contributed by atoms with Gasteiger partial charge in [0.2, 0.25) is 0 Å². The van der Waals surface area contributed by atoms with E-state index in [1.165, 1.54) is 11.3 Å². The lowest BCUT2D eigenvalue weighted by Gasteiger charge is -2.24. The van der Waals surface area contributed by atoms with E-state index in [-0.39, 0.29) is 12.2 Å². The van der Waals surface area contributed by atoms with Gasteiger partial charge in [0.25, 0.3) is 5.56 Å². The summed E-state index contributed by atoms with van der Waals surface area (Å²) in [5, 5.41) is 0. The van der Waals surface area contributed by atoms with Gasteiger partial charge in [-0.1, -0.05) is 23.5 Å². The van der Waals surface area contributed by atoms with Crippen LogP contribution in [-0.2, 0) is 9.53 Å². The topological polar surface area (TPSA) is 86.3 Å². The molecule has 2 aromatic heterocycles. The monoisotopic (exact) mass is 467 g/mol. The first-order valence-corrected chi connectivity index (χ1v) is 11.3. The third-order valence-corrected chi connectivity index (χ3v) is 6.24. The Balaban J connectivity index is 1.93. The van der Waals surface area contributed by atoms with Gasteiger partial charge < -0.3 is 18.8 Å². The molecule has 9 heteroatoms. The number of hydrogen-bond donors (Lipinski definition) is 0. The molecule has 0 radical (unpaired) electrons. The van der Waals surface area contributed by atoms with Crippen LogP contribution in [0.25, 0.3) is 6.08 Å². The normalized spacial score (nSPS) is 15.8. The van der Waals surface area contributed by atoms with E-state index in [1.807, 2.05) is 55.4 Å². The van der Waals surface area contributed by atoms with Gasteiger partial charge in [0.05, 0.1) is 35.6 Å². The standard InChI is InChI=1S/C24H25N3O5S/c1-6-31-23(29)20-14(2)25-24-27(21(20)15-8-7-9-16(12-15)30-5)22(28)18(33-24)13-17-10-11-19(32-17)26(3)4/h7-13,21H,6H2,1-5H3/b18-13-/t21-/m0/s1. The van der Waals surface area contributed by atoms with E-state index in [0.717, 1.165) is 5.56 Å². The van der Waals surface area contributed by atoms with Crippen LogP contribution in [0.4, 0.5) is 5.88 Å². The molecule has 0 spiro atoms. The highest BCUT2D eigenvalue weighted by Gasteiger charge is 2.33. The van der Waals surface area contributed by atoms with Crippen molar-refractivity contribution < 1.29 is 18.7 Å². The number of nitrogens with zero attached hydrogens (tertiary/aromatic N) is 3. The van der Waals surface area contributed by atoms with Crippen LogP contribution in [-0.4, -0.2) is 38.3 Å². The average molecular weight is 468 g/mol. The van der Waals surface area contributed by atoms with Gasteiger partial charge in [0.1, 0.15) is 11.5 Å². The number of allylic oxidation sites excluding steroid dienone is 1. The Labute approximate surface area is 194 Å². The van der Waals surface area contributed by atoms with Gasteiger partial charge in [-0.3, -0.25) is 9.36 Å². The summed E-state index contributed by atoms with van der Waals surface area (Å²) >= 11 is 1.25. The summed E-state index contributed by atoms with van der Waals surface area (Å²) in [6.45, 7) is 3.72. The van der Waals surface area contributed by atoms with Crippen molar-refractivity contribution >= 4 is 29.3 Å². The molecule has 0 saturated carbocycles. The van der Waals surface area contributed by atoms with Gasteiger partial charge in [0, 0.05) is 26.2 Å². The average Bonchev–Trinajstić information content (AvgIpc) is 3.38. The van der Waals surface area contributed by atoms with Crippen molar-refractivity contribution in [3.05, 3.63) is 78.7 Å². The molecule has 3 heterocycles. The highest BCUT2D eigenvalue weighted by atomic mass is 32.1. The number of methoxy groups -OCH3 is 1. The molecule has 0 aliphatic carbocycles.